The van der Waals surface area contributed by atoms with Crippen molar-refractivity contribution in [1.82, 2.24) is 0 Å². The van der Waals surface area contributed by atoms with E-state index in [0.717, 1.165) is 15.7 Å². The Balaban J connectivity index is 2.42. The summed E-state index contributed by atoms with van der Waals surface area (Å²) in [6.07, 6.45) is -4.61. The van der Waals surface area contributed by atoms with Crippen molar-refractivity contribution in [2.75, 3.05) is 0 Å². The number of halogens is 4. The summed E-state index contributed by atoms with van der Waals surface area (Å²) in [5.41, 5.74) is -1.57. The van der Waals surface area contributed by atoms with E-state index in [0.29, 0.717) is 11.8 Å². The molecule has 3 nitrogen and oxygen atoms in total. The van der Waals surface area contributed by atoms with Gasteiger partial charge in [0.2, 0.25) is 0 Å². The zero-order valence-electron chi connectivity index (χ0n) is 10.3. The van der Waals surface area contributed by atoms with E-state index in [2.05, 4.69) is 0 Å². The Bertz CT molecular complexity index is 683. The molecule has 0 amide bonds. The fraction of sp³-hybridized carbons (Fsp3) is 0.0714. The highest BCUT2D eigenvalue weighted by molar-refractivity contribution is 14.1. The first kappa shape index (κ1) is 15.6. The summed E-state index contributed by atoms with van der Waals surface area (Å²) in [5, 5.41) is 9.04. The van der Waals surface area contributed by atoms with Gasteiger partial charge in [0, 0.05) is 3.57 Å². The minimum Gasteiger partial charge on any atom is -0.478 e. The van der Waals surface area contributed by atoms with Crippen LogP contribution in [0.2, 0.25) is 0 Å². The summed E-state index contributed by atoms with van der Waals surface area (Å²) in [5.74, 6) is -1.27. The standard InChI is InChI=1S/C14H8F3IO3/c15-14(16,17)8-4-5-12(11(6-8)13(19)20)21-10-3-1-2-9(18)7-10/h1-7H,(H,19,20). The van der Waals surface area contributed by atoms with Gasteiger partial charge < -0.3 is 9.84 Å². The van der Waals surface area contributed by atoms with Crippen LogP contribution in [-0.4, -0.2) is 11.1 Å². The molecule has 1 N–H and O–H groups in total. The average molecular weight is 408 g/mol. The molecule has 0 aromatic heterocycles. The van der Waals surface area contributed by atoms with Crippen molar-refractivity contribution < 1.29 is 27.8 Å². The summed E-state index contributed by atoms with van der Waals surface area (Å²) < 4.78 is 44.0. The van der Waals surface area contributed by atoms with Crippen LogP contribution in [0.5, 0.6) is 11.5 Å². The Hall–Kier alpha value is -1.77. The molecule has 0 fully saturated rings. The van der Waals surface area contributed by atoms with Crippen LogP contribution >= 0.6 is 22.6 Å². The number of carbonyl (C=O) groups is 1. The van der Waals surface area contributed by atoms with Crippen molar-refractivity contribution >= 4 is 28.6 Å². The zero-order chi connectivity index (χ0) is 15.6. The van der Waals surface area contributed by atoms with Crippen LogP contribution in [0.4, 0.5) is 13.2 Å². The van der Waals surface area contributed by atoms with Gasteiger partial charge in [0.25, 0.3) is 0 Å². The lowest BCUT2D eigenvalue weighted by atomic mass is 10.1. The Morgan fingerprint density at radius 1 is 1.14 bits per heavy atom. The summed E-state index contributed by atoms with van der Waals surface area (Å²) in [4.78, 5) is 11.1. The van der Waals surface area contributed by atoms with Crippen LogP contribution in [-0.2, 0) is 6.18 Å². The van der Waals surface area contributed by atoms with Gasteiger partial charge >= 0.3 is 12.1 Å². The van der Waals surface area contributed by atoms with E-state index in [-0.39, 0.29) is 5.75 Å². The third kappa shape index (κ3) is 3.87. The molecule has 0 atom stereocenters. The number of alkyl halides is 3. The maximum absolute atomic E-state index is 12.6. The molecule has 2 rings (SSSR count). The highest BCUT2D eigenvalue weighted by Crippen LogP contribution is 2.34. The molecule has 2 aromatic rings. The third-order valence-electron chi connectivity index (χ3n) is 2.56. The van der Waals surface area contributed by atoms with E-state index < -0.39 is 23.3 Å². The van der Waals surface area contributed by atoms with E-state index in [9.17, 15) is 18.0 Å². The fourth-order valence-corrected chi connectivity index (χ4v) is 2.13. The Labute approximate surface area is 131 Å². The maximum Gasteiger partial charge on any atom is 0.416 e. The predicted octanol–water partition coefficient (Wildman–Crippen LogP) is 4.80. The van der Waals surface area contributed by atoms with Gasteiger partial charge in [-0.15, -0.1) is 0 Å². The zero-order valence-corrected chi connectivity index (χ0v) is 12.5. The Kier molecular flexibility index (Phi) is 4.40. The molecule has 0 spiro atoms. The van der Waals surface area contributed by atoms with Crippen molar-refractivity contribution in [2.45, 2.75) is 6.18 Å². The first-order valence-electron chi connectivity index (χ1n) is 5.65. The van der Waals surface area contributed by atoms with Crippen LogP contribution < -0.4 is 4.74 Å². The smallest absolute Gasteiger partial charge is 0.416 e. The second-order valence-electron chi connectivity index (χ2n) is 4.07. The summed E-state index contributed by atoms with van der Waals surface area (Å²) in [6.45, 7) is 0. The monoisotopic (exact) mass is 408 g/mol. The molecule has 0 radical (unpaired) electrons. The van der Waals surface area contributed by atoms with Gasteiger partial charge in [-0.1, -0.05) is 6.07 Å². The van der Waals surface area contributed by atoms with Crippen molar-refractivity contribution in [3.05, 3.63) is 57.2 Å². The number of hydrogen-bond acceptors (Lipinski definition) is 2. The number of hydrogen-bond donors (Lipinski definition) is 1. The summed E-state index contributed by atoms with van der Waals surface area (Å²) in [6, 6.07) is 9.09. The summed E-state index contributed by atoms with van der Waals surface area (Å²) in [7, 11) is 0. The summed E-state index contributed by atoms with van der Waals surface area (Å²) >= 11 is 2.04. The molecule has 21 heavy (non-hydrogen) atoms. The number of carboxylic acid groups (broad SMARTS) is 1. The third-order valence-corrected chi connectivity index (χ3v) is 3.23. The average Bonchev–Trinajstić information content (AvgIpc) is 2.37. The van der Waals surface area contributed by atoms with Crippen LogP contribution in [0.1, 0.15) is 15.9 Å². The van der Waals surface area contributed by atoms with Gasteiger partial charge in [-0.2, -0.15) is 13.2 Å². The van der Waals surface area contributed by atoms with Crippen LogP contribution in [0.3, 0.4) is 0 Å². The molecular formula is C14H8F3IO3. The van der Waals surface area contributed by atoms with Crippen molar-refractivity contribution in [2.24, 2.45) is 0 Å². The molecule has 0 aliphatic carbocycles. The first-order chi connectivity index (χ1) is 9.77. The SMILES string of the molecule is O=C(O)c1cc(C(F)(F)F)ccc1Oc1cccc(I)c1. The number of ether oxygens (including phenoxy) is 1. The lowest BCUT2D eigenvalue weighted by molar-refractivity contribution is -0.137. The Morgan fingerprint density at radius 3 is 2.43 bits per heavy atom. The van der Waals surface area contributed by atoms with Crippen molar-refractivity contribution in [1.29, 1.82) is 0 Å². The molecule has 110 valence electrons. The van der Waals surface area contributed by atoms with E-state index >= 15 is 0 Å². The van der Waals surface area contributed by atoms with Crippen molar-refractivity contribution in [3.63, 3.8) is 0 Å². The molecule has 2 aromatic carbocycles. The van der Waals surface area contributed by atoms with Gasteiger partial charge in [-0.25, -0.2) is 4.79 Å². The van der Waals surface area contributed by atoms with Gasteiger partial charge in [0.15, 0.2) is 0 Å². The number of aromatic carboxylic acids is 1. The molecule has 7 heteroatoms. The minimum absolute atomic E-state index is 0.141. The van der Waals surface area contributed by atoms with Gasteiger partial charge in [-0.3, -0.25) is 0 Å². The van der Waals surface area contributed by atoms with E-state index in [1.165, 1.54) is 0 Å². The van der Waals surface area contributed by atoms with Gasteiger partial charge in [0.1, 0.15) is 17.1 Å². The van der Waals surface area contributed by atoms with Crippen LogP contribution in [0.25, 0.3) is 0 Å². The normalized spacial score (nSPS) is 11.2. The lowest BCUT2D eigenvalue weighted by Gasteiger charge is -2.12. The largest absolute Gasteiger partial charge is 0.478 e. The number of carboxylic acids is 1. The lowest BCUT2D eigenvalue weighted by Crippen LogP contribution is -2.08. The molecule has 0 aliphatic heterocycles. The predicted molar refractivity (Wildman–Crippen MR) is 77.6 cm³/mol. The highest BCUT2D eigenvalue weighted by Gasteiger charge is 2.32. The quantitative estimate of drug-likeness (QED) is 0.743. The highest BCUT2D eigenvalue weighted by atomic mass is 127. The number of benzene rings is 2. The maximum atomic E-state index is 12.6. The van der Waals surface area contributed by atoms with Crippen LogP contribution in [0, 0.1) is 3.57 Å². The number of rotatable bonds is 3. The van der Waals surface area contributed by atoms with Crippen molar-refractivity contribution in [3.8, 4) is 11.5 Å². The van der Waals surface area contributed by atoms with Gasteiger partial charge in [-0.05, 0) is 59.0 Å². The topological polar surface area (TPSA) is 46.5 Å². The molecule has 0 bridgehead atoms. The second-order valence-corrected chi connectivity index (χ2v) is 5.32. The minimum atomic E-state index is -4.61. The molecular weight excluding hydrogens is 400 g/mol. The molecule has 0 heterocycles. The second kappa shape index (κ2) is 5.92. The van der Waals surface area contributed by atoms with E-state index in [1.807, 2.05) is 22.6 Å². The van der Waals surface area contributed by atoms with E-state index in [1.54, 1.807) is 24.3 Å². The fourth-order valence-electron chi connectivity index (χ4n) is 1.62. The molecule has 0 unspecified atom stereocenters. The molecule has 0 saturated heterocycles. The van der Waals surface area contributed by atoms with Crippen LogP contribution in [0.15, 0.2) is 42.5 Å². The molecule has 0 aliphatic rings. The first-order valence-corrected chi connectivity index (χ1v) is 6.73. The Morgan fingerprint density at radius 2 is 1.86 bits per heavy atom. The molecule has 0 saturated carbocycles. The van der Waals surface area contributed by atoms with E-state index in [4.69, 9.17) is 9.84 Å². The van der Waals surface area contributed by atoms with Gasteiger partial charge in [0.05, 0.1) is 5.56 Å².